The fourth-order valence-electron chi connectivity index (χ4n) is 3.91. The molecule has 1 aliphatic rings. The molecule has 0 heterocycles. The lowest BCUT2D eigenvalue weighted by Crippen LogP contribution is -2.24. The molecular formula is C18H22N2. The van der Waals surface area contributed by atoms with Crippen molar-refractivity contribution in [2.45, 2.75) is 38.0 Å². The fraction of sp³-hybridized carbons (Fsp3) is 0.333. The number of anilines is 2. The Morgan fingerprint density at radius 1 is 0.900 bits per heavy atom. The van der Waals surface area contributed by atoms with Gasteiger partial charge in [-0.1, -0.05) is 45.0 Å². The maximum absolute atomic E-state index is 6.31. The number of nitrogen functional groups attached to an aromatic ring is 2. The molecule has 3 rings (SSSR count). The van der Waals surface area contributed by atoms with Gasteiger partial charge < -0.3 is 11.5 Å². The minimum absolute atomic E-state index is 0.0438. The summed E-state index contributed by atoms with van der Waals surface area (Å²) in [5.74, 6) is 0. The Morgan fingerprint density at radius 2 is 1.55 bits per heavy atom. The zero-order chi connectivity index (χ0) is 14.5. The van der Waals surface area contributed by atoms with Crippen LogP contribution in [0.4, 0.5) is 11.4 Å². The Morgan fingerprint density at radius 3 is 2.20 bits per heavy atom. The quantitative estimate of drug-likeness (QED) is 0.770. The molecule has 2 heteroatoms. The summed E-state index contributed by atoms with van der Waals surface area (Å²) in [6.07, 6.45) is 1.06. The molecule has 20 heavy (non-hydrogen) atoms. The predicted molar refractivity (Wildman–Crippen MR) is 85.8 cm³/mol. The van der Waals surface area contributed by atoms with E-state index in [1.165, 1.54) is 16.7 Å². The topological polar surface area (TPSA) is 52.0 Å². The molecule has 1 aliphatic carbocycles. The molecule has 0 aromatic heterocycles. The molecular weight excluding hydrogens is 244 g/mol. The van der Waals surface area contributed by atoms with Crippen molar-refractivity contribution < 1.29 is 0 Å². The Balaban J connectivity index is 2.25. The number of benzene rings is 2. The first-order chi connectivity index (χ1) is 9.34. The summed E-state index contributed by atoms with van der Waals surface area (Å²) >= 11 is 0. The first-order valence-electron chi connectivity index (χ1n) is 7.10. The molecule has 1 unspecified atom stereocenters. The number of hydrogen-bond acceptors (Lipinski definition) is 2. The third kappa shape index (κ3) is 1.71. The van der Waals surface area contributed by atoms with Crippen LogP contribution in [0.5, 0.6) is 0 Å². The van der Waals surface area contributed by atoms with Gasteiger partial charge in [-0.15, -0.1) is 0 Å². The average molecular weight is 266 g/mol. The molecule has 2 aromatic rings. The lowest BCUT2D eigenvalue weighted by molar-refractivity contribution is 0.425. The van der Waals surface area contributed by atoms with E-state index in [-0.39, 0.29) is 10.8 Å². The average Bonchev–Trinajstić information content (AvgIpc) is 2.59. The van der Waals surface area contributed by atoms with Gasteiger partial charge in [0.15, 0.2) is 0 Å². The van der Waals surface area contributed by atoms with Gasteiger partial charge in [0, 0.05) is 16.8 Å². The van der Waals surface area contributed by atoms with Crippen LogP contribution in [0, 0.1) is 0 Å². The number of fused-ring (bicyclic) bond motifs is 1. The van der Waals surface area contributed by atoms with Crippen molar-refractivity contribution in [3.63, 3.8) is 0 Å². The van der Waals surface area contributed by atoms with Gasteiger partial charge in [0.05, 0.1) is 0 Å². The molecule has 0 radical (unpaired) electrons. The van der Waals surface area contributed by atoms with Gasteiger partial charge in [-0.3, -0.25) is 0 Å². The Labute approximate surface area is 120 Å². The molecule has 0 amide bonds. The van der Waals surface area contributed by atoms with E-state index in [9.17, 15) is 0 Å². The predicted octanol–water partition coefficient (Wildman–Crippen LogP) is 3.84. The summed E-state index contributed by atoms with van der Waals surface area (Å²) in [5, 5.41) is 0. The third-order valence-corrected chi connectivity index (χ3v) is 4.72. The van der Waals surface area contributed by atoms with Crippen LogP contribution in [0.25, 0.3) is 0 Å². The molecule has 0 bridgehead atoms. The van der Waals surface area contributed by atoms with Crippen LogP contribution < -0.4 is 11.5 Å². The van der Waals surface area contributed by atoms with Crippen molar-refractivity contribution in [3.05, 3.63) is 59.2 Å². The molecule has 0 saturated heterocycles. The minimum atomic E-state index is -0.0438. The smallest absolute Gasteiger partial charge is 0.0358 e. The molecule has 104 valence electrons. The van der Waals surface area contributed by atoms with Crippen molar-refractivity contribution in [2.24, 2.45) is 0 Å². The molecule has 0 aliphatic heterocycles. The van der Waals surface area contributed by atoms with Crippen LogP contribution in [0.3, 0.4) is 0 Å². The summed E-state index contributed by atoms with van der Waals surface area (Å²) < 4.78 is 0. The zero-order valence-corrected chi connectivity index (χ0v) is 12.4. The van der Waals surface area contributed by atoms with Gasteiger partial charge in [0.25, 0.3) is 0 Å². The molecule has 4 N–H and O–H groups in total. The van der Waals surface area contributed by atoms with Gasteiger partial charge >= 0.3 is 0 Å². The highest BCUT2D eigenvalue weighted by Crippen LogP contribution is 2.54. The summed E-state index contributed by atoms with van der Waals surface area (Å²) in [5.41, 5.74) is 17.9. The van der Waals surface area contributed by atoms with Crippen molar-refractivity contribution >= 4 is 11.4 Å². The van der Waals surface area contributed by atoms with Gasteiger partial charge in [-0.2, -0.15) is 0 Å². The van der Waals surface area contributed by atoms with Crippen molar-refractivity contribution in [2.75, 3.05) is 11.5 Å². The SMILES string of the molecule is CC1(C)CC(C)(c2ccc(N)cc2)c2c(N)cccc21. The Bertz CT molecular complexity index is 656. The normalized spacial score (nSPS) is 23.6. The monoisotopic (exact) mass is 266 g/mol. The largest absolute Gasteiger partial charge is 0.399 e. The van der Waals surface area contributed by atoms with Crippen LogP contribution in [-0.2, 0) is 10.8 Å². The Hall–Kier alpha value is -1.96. The highest BCUT2D eigenvalue weighted by atomic mass is 14.6. The van der Waals surface area contributed by atoms with E-state index in [2.05, 4.69) is 45.0 Å². The van der Waals surface area contributed by atoms with E-state index in [0.717, 1.165) is 17.8 Å². The third-order valence-electron chi connectivity index (χ3n) is 4.72. The summed E-state index contributed by atoms with van der Waals surface area (Å²) in [7, 11) is 0. The van der Waals surface area contributed by atoms with E-state index in [1.54, 1.807) is 0 Å². The lowest BCUT2D eigenvalue weighted by Gasteiger charge is -2.29. The Kier molecular flexibility index (Phi) is 2.62. The van der Waals surface area contributed by atoms with E-state index in [0.29, 0.717) is 0 Å². The number of nitrogens with two attached hydrogens (primary N) is 2. The zero-order valence-electron chi connectivity index (χ0n) is 12.4. The second kappa shape index (κ2) is 4.02. The summed E-state index contributed by atoms with van der Waals surface area (Å²) in [4.78, 5) is 0. The van der Waals surface area contributed by atoms with E-state index in [4.69, 9.17) is 11.5 Å². The van der Waals surface area contributed by atoms with Crippen molar-refractivity contribution in [1.82, 2.24) is 0 Å². The lowest BCUT2D eigenvalue weighted by atomic mass is 9.74. The van der Waals surface area contributed by atoms with Crippen LogP contribution >= 0.6 is 0 Å². The van der Waals surface area contributed by atoms with Crippen LogP contribution in [0.1, 0.15) is 43.9 Å². The highest BCUT2D eigenvalue weighted by molar-refractivity contribution is 5.64. The van der Waals surface area contributed by atoms with E-state index < -0.39 is 0 Å². The standard InChI is InChI=1S/C18H22N2/c1-17(2)11-18(3,12-7-9-13(19)10-8-12)16-14(17)5-4-6-15(16)20/h4-10H,11,19-20H2,1-3H3. The van der Waals surface area contributed by atoms with Gasteiger partial charge in [-0.25, -0.2) is 0 Å². The van der Waals surface area contributed by atoms with Crippen molar-refractivity contribution in [3.8, 4) is 0 Å². The molecule has 0 saturated carbocycles. The minimum Gasteiger partial charge on any atom is -0.399 e. The van der Waals surface area contributed by atoms with Gasteiger partial charge in [-0.05, 0) is 46.7 Å². The van der Waals surface area contributed by atoms with Crippen LogP contribution in [-0.4, -0.2) is 0 Å². The maximum atomic E-state index is 6.31. The second-order valence-electron chi connectivity index (χ2n) is 6.78. The molecule has 0 fully saturated rings. The summed E-state index contributed by atoms with van der Waals surface area (Å²) in [6, 6.07) is 14.5. The molecule has 1 atom stereocenters. The van der Waals surface area contributed by atoms with Crippen LogP contribution in [0.2, 0.25) is 0 Å². The van der Waals surface area contributed by atoms with Crippen LogP contribution in [0.15, 0.2) is 42.5 Å². The number of rotatable bonds is 1. The fourth-order valence-corrected chi connectivity index (χ4v) is 3.91. The summed E-state index contributed by atoms with van der Waals surface area (Å²) in [6.45, 7) is 6.89. The second-order valence-corrected chi connectivity index (χ2v) is 6.78. The molecule has 2 aromatic carbocycles. The molecule has 2 nitrogen and oxygen atoms in total. The van der Waals surface area contributed by atoms with E-state index >= 15 is 0 Å². The highest BCUT2D eigenvalue weighted by Gasteiger charge is 2.46. The molecule has 0 spiro atoms. The first-order valence-corrected chi connectivity index (χ1v) is 7.10. The first kappa shape index (κ1) is 13.0. The van der Waals surface area contributed by atoms with Gasteiger partial charge in [0.2, 0.25) is 0 Å². The van der Waals surface area contributed by atoms with Crippen molar-refractivity contribution in [1.29, 1.82) is 0 Å². The number of hydrogen-bond donors (Lipinski definition) is 2. The van der Waals surface area contributed by atoms with Gasteiger partial charge in [0.1, 0.15) is 0 Å². The van der Waals surface area contributed by atoms with E-state index in [1.807, 2.05) is 18.2 Å². The maximum Gasteiger partial charge on any atom is 0.0358 e.